The Bertz CT molecular complexity index is 792. The minimum Gasteiger partial charge on any atom is -0.490 e. The van der Waals surface area contributed by atoms with Gasteiger partial charge in [0.15, 0.2) is 11.5 Å². The minimum atomic E-state index is -0.444. The monoisotopic (exact) mass is 373 g/mol. The Morgan fingerprint density at radius 2 is 1.81 bits per heavy atom. The smallest absolute Gasteiger partial charge is 0.238 e. The van der Waals surface area contributed by atoms with E-state index in [0.717, 1.165) is 35.5 Å². The van der Waals surface area contributed by atoms with Crippen LogP contribution in [0.5, 0.6) is 11.5 Å². The third kappa shape index (κ3) is 4.12. The third-order valence-electron chi connectivity index (χ3n) is 4.31. The molecule has 1 heterocycles. The number of ether oxygens (including phenoxy) is 2. The highest BCUT2D eigenvalue weighted by Gasteiger charge is 2.29. The second-order valence-electron chi connectivity index (χ2n) is 6.49. The van der Waals surface area contributed by atoms with Crippen LogP contribution in [0.15, 0.2) is 47.4 Å². The Morgan fingerprint density at radius 1 is 1.08 bits per heavy atom. The second kappa shape index (κ2) is 7.58. The van der Waals surface area contributed by atoms with Gasteiger partial charge < -0.3 is 14.8 Å². The first kappa shape index (κ1) is 17.2. The molecule has 0 saturated heterocycles. The Balaban J connectivity index is 1.58. The summed E-state index contributed by atoms with van der Waals surface area (Å²) >= 11 is 1.44. The van der Waals surface area contributed by atoms with Crippen molar-refractivity contribution < 1.29 is 18.7 Å². The molecule has 0 radical (unpaired) electrons. The summed E-state index contributed by atoms with van der Waals surface area (Å²) in [4.78, 5) is 13.7. The van der Waals surface area contributed by atoms with Crippen LogP contribution in [0.1, 0.15) is 30.1 Å². The normalized spacial score (nSPS) is 17.3. The number of carbonyl (C=O) groups excluding carboxylic acids is 1. The molecule has 1 aliphatic carbocycles. The molecular formula is C20H20FNO3S. The van der Waals surface area contributed by atoms with Crippen molar-refractivity contribution in [1.29, 1.82) is 0 Å². The molecule has 1 saturated carbocycles. The minimum absolute atomic E-state index is 0.0452. The van der Waals surface area contributed by atoms with Crippen LogP contribution < -0.4 is 14.8 Å². The van der Waals surface area contributed by atoms with Crippen LogP contribution in [-0.2, 0) is 4.79 Å². The lowest BCUT2D eigenvalue weighted by molar-refractivity contribution is -0.120. The summed E-state index contributed by atoms with van der Waals surface area (Å²) in [5.41, 5.74) is 0.779. The van der Waals surface area contributed by atoms with Crippen molar-refractivity contribution in [2.75, 3.05) is 13.2 Å². The van der Waals surface area contributed by atoms with Crippen molar-refractivity contribution >= 4 is 17.7 Å². The van der Waals surface area contributed by atoms with Crippen molar-refractivity contribution in [3.63, 3.8) is 0 Å². The molecule has 1 amide bonds. The summed E-state index contributed by atoms with van der Waals surface area (Å²) in [5, 5.41) is 2.61. The van der Waals surface area contributed by atoms with E-state index in [1.165, 1.54) is 23.9 Å². The number of hydrogen-bond donors (Lipinski definition) is 1. The van der Waals surface area contributed by atoms with Gasteiger partial charge in [-0.1, -0.05) is 12.1 Å². The molecule has 2 aromatic carbocycles. The van der Waals surface area contributed by atoms with E-state index in [2.05, 4.69) is 5.32 Å². The number of carbonyl (C=O) groups is 1. The van der Waals surface area contributed by atoms with Crippen LogP contribution in [0.25, 0.3) is 0 Å². The van der Waals surface area contributed by atoms with Crippen LogP contribution in [0, 0.1) is 5.82 Å². The maximum absolute atomic E-state index is 13.3. The second-order valence-corrected chi connectivity index (χ2v) is 7.67. The number of halogens is 1. The van der Waals surface area contributed by atoms with Gasteiger partial charge in [0.05, 0.1) is 13.2 Å². The lowest BCUT2D eigenvalue weighted by Gasteiger charge is -2.18. The van der Waals surface area contributed by atoms with E-state index >= 15 is 0 Å². The van der Waals surface area contributed by atoms with Gasteiger partial charge in [-0.3, -0.25) is 4.79 Å². The number of fused-ring (bicyclic) bond motifs is 1. The Hall–Kier alpha value is -2.21. The molecule has 2 aromatic rings. The molecule has 0 aromatic heterocycles. The summed E-state index contributed by atoms with van der Waals surface area (Å²) in [6.07, 6.45) is 2.90. The number of thioether (sulfide) groups is 1. The van der Waals surface area contributed by atoms with Crippen molar-refractivity contribution in [2.45, 2.75) is 35.4 Å². The zero-order valence-electron chi connectivity index (χ0n) is 14.2. The molecule has 1 N–H and O–H groups in total. The molecule has 6 heteroatoms. The zero-order valence-corrected chi connectivity index (χ0v) is 15.1. The van der Waals surface area contributed by atoms with Gasteiger partial charge in [-0.25, -0.2) is 4.39 Å². The van der Waals surface area contributed by atoms with E-state index in [1.54, 1.807) is 12.1 Å². The molecule has 4 rings (SSSR count). The summed E-state index contributed by atoms with van der Waals surface area (Å²) in [5.74, 6) is 1.08. The molecule has 1 atom stereocenters. The van der Waals surface area contributed by atoms with Crippen LogP contribution in [0.4, 0.5) is 4.39 Å². The fourth-order valence-electron chi connectivity index (χ4n) is 2.77. The van der Waals surface area contributed by atoms with Gasteiger partial charge in [-0.15, -0.1) is 11.8 Å². The molecule has 0 spiro atoms. The van der Waals surface area contributed by atoms with E-state index in [9.17, 15) is 9.18 Å². The number of benzene rings is 2. The molecule has 26 heavy (non-hydrogen) atoms. The Labute approximate surface area is 156 Å². The maximum atomic E-state index is 13.3. The number of amides is 1. The first-order valence-electron chi connectivity index (χ1n) is 8.81. The number of nitrogens with one attached hydrogen (secondary N) is 1. The molecular weight excluding hydrogens is 353 g/mol. The van der Waals surface area contributed by atoms with Crippen LogP contribution in [-0.4, -0.2) is 25.2 Å². The third-order valence-corrected chi connectivity index (χ3v) is 5.56. The van der Waals surface area contributed by atoms with E-state index in [0.29, 0.717) is 19.0 Å². The van der Waals surface area contributed by atoms with Crippen molar-refractivity contribution in [3.8, 4) is 11.5 Å². The van der Waals surface area contributed by atoms with Gasteiger partial charge in [0.2, 0.25) is 5.91 Å². The van der Waals surface area contributed by atoms with Gasteiger partial charge in [0.1, 0.15) is 11.1 Å². The molecule has 136 valence electrons. The summed E-state index contributed by atoms with van der Waals surface area (Å²) in [6, 6.07) is 12.1. The van der Waals surface area contributed by atoms with Gasteiger partial charge in [0.25, 0.3) is 0 Å². The number of rotatable bonds is 5. The quantitative estimate of drug-likeness (QED) is 0.802. The first-order chi connectivity index (χ1) is 12.7. The van der Waals surface area contributed by atoms with Crippen molar-refractivity contribution in [3.05, 3.63) is 53.8 Å². The summed E-state index contributed by atoms with van der Waals surface area (Å²) in [6.45, 7) is 1.26. The van der Waals surface area contributed by atoms with Gasteiger partial charge in [-0.2, -0.15) is 0 Å². The largest absolute Gasteiger partial charge is 0.490 e. The first-order valence-corrected chi connectivity index (χ1v) is 9.69. The molecule has 1 aliphatic heterocycles. The van der Waals surface area contributed by atoms with E-state index in [1.807, 2.05) is 18.2 Å². The van der Waals surface area contributed by atoms with Crippen molar-refractivity contribution in [2.24, 2.45) is 0 Å². The summed E-state index contributed by atoms with van der Waals surface area (Å²) in [7, 11) is 0. The highest BCUT2D eigenvalue weighted by atomic mass is 32.2. The van der Waals surface area contributed by atoms with E-state index in [4.69, 9.17) is 9.47 Å². The Kier molecular flexibility index (Phi) is 5.02. The molecule has 4 nitrogen and oxygen atoms in total. The fourth-order valence-corrected chi connectivity index (χ4v) is 3.83. The van der Waals surface area contributed by atoms with Crippen LogP contribution in [0.2, 0.25) is 0 Å². The van der Waals surface area contributed by atoms with Gasteiger partial charge >= 0.3 is 0 Å². The molecule has 0 bridgehead atoms. The van der Waals surface area contributed by atoms with Gasteiger partial charge in [0, 0.05) is 17.4 Å². The average molecular weight is 373 g/mol. The predicted octanol–water partition coefficient (Wildman–Crippen LogP) is 4.10. The topological polar surface area (TPSA) is 47.6 Å². The zero-order chi connectivity index (χ0) is 17.9. The highest BCUT2D eigenvalue weighted by molar-refractivity contribution is 8.00. The Morgan fingerprint density at radius 3 is 2.54 bits per heavy atom. The molecule has 1 fully saturated rings. The van der Waals surface area contributed by atoms with Gasteiger partial charge in [-0.05, 0) is 48.7 Å². The van der Waals surface area contributed by atoms with E-state index < -0.39 is 5.25 Å². The number of hydrogen-bond acceptors (Lipinski definition) is 4. The fraction of sp³-hybridized carbons (Fsp3) is 0.350. The standard InChI is InChI=1S/C20H20FNO3S/c21-14-4-2-13(3-5-14)19(20(23)22-15-6-7-15)26-16-8-9-17-18(12-16)25-11-1-10-24-17/h2-5,8-9,12,15,19H,1,6-7,10-11H2,(H,22,23)/t19-/m0/s1. The van der Waals surface area contributed by atoms with E-state index in [-0.39, 0.29) is 17.8 Å². The van der Waals surface area contributed by atoms with Crippen LogP contribution in [0.3, 0.4) is 0 Å². The van der Waals surface area contributed by atoms with Crippen LogP contribution >= 0.6 is 11.8 Å². The predicted molar refractivity (Wildman–Crippen MR) is 98.2 cm³/mol. The highest BCUT2D eigenvalue weighted by Crippen LogP contribution is 2.40. The summed E-state index contributed by atoms with van der Waals surface area (Å²) < 4.78 is 24.7. The lowest BCUT2D eigenvalue weighted by atomic mass is 10.1. The molecule has 0 unspecified atom stereocenters. The van der Waals surface area contributed by atoms with Crippen molar-refractivity contribution in [1.82, 2.24) is 5.32 Å². The maximum Gasteiger partial charge on any atom is 0.238 e. The lowest BCUT2D eigenvalue weighted by Crippen LogP contribution is -2.29. The average Bonchev–Trinajstić information content (AvgIpc) is 3.47. The molecule has 2 aliphatic rings. The SMILES string of the molecule is O=C(NC1CC1)[C@@H](Sc1ccc2c(c1)OCCCO2)c1ccc(F)cc1.